The number of nitrogens with two attached hydrogens (primary N) is 1. The molecule has 0 aromatic carbocycles. The summed E-state index contributed by atoms with van der Waals surface area (Å²) in [5, 5.41) is 0. The van der Waals surface area contributed by atoms with Crippen molar-refractivity contribution in [1.29, 1.82) is 0 Å². The monoisotopic (exact) mass is 139 g/mol. The molecule has 0 amide bonds. The average molecular weight is 139 g/mol. The van der Waals surface area contributed by atoms with Crippen LogP contribution in [0.3, 0.4) is 0 Å². The molecule has 0 aromatic heterocycles. The molecule has 0 saturated carbocycles. The van der Waals surface area contributed by atoms with E-state index in [0.717, 1.165) is 5.57 Å². The van der Waals surface area contributed by atoms with Crippen molar-refractivity contribution in [2.24, 2.45) is 5.73 Å². The van der Waals surface area contributed by atoms with Gasteiger partial charge in [-0.25, -0.2) is 0 Å². The fourth-order valence-electron chi connectivity index (χ4n) is 0.347. The standard InChI is InChI=1S/C8H13NO/c1-7(6-9)4-5-8(2)10-3/h4-5H,1-2,6,9H2,3H3/b5-4-. The molecule has 0 aliphatic rings. The van der Waals surface area contributed by atoms with Crippen LogP contribution in [0.1, 0.15) is 0 Å². The van der Waals surface area contributed by atoms with Crippen LogP contribution in [0.2, 0.25) is 0 Å². The predicted octanol–water partition coefficient (Wildman–Crippen LogP) is 1.22. The summed E-state index contributed by atoms with van der Waals surface area (Å²) in [6, 6.07) is 0. The molecule has 2 heteroatoms. The molecule has 0 aliphatic heterocycles. The summed E-state index contributed by atoms with van der Waals surface area (Å²) in [5.74, 6) is 0.606. The number of hydrogen-bond donors (Lipinski definition) is 1. The summed E-state index contributed by atoms with van der Waals surface area (Å²) in [6.07, 6.45) is 3.51. The summed E-state index contributed by atoms with van der Waals surface area (Å²) < 4.78 is 4.78. The first kappa shape index (κ1) is 8.98. The fraction of sp³-hybridized carbons (Fsp3) is 0.250. The third kappa shape index (κ3) is 3.92. The zero-order chi connectivity index (χ0) is 7.98. The van der Waals surface area contributed by atoms with Gasteiger partial charge in [-0.1, -0.05) is 19.2 Å². The van der Waals surface area contributed by atoms with Gasteiger partial charge in [-0.3, -0.25) is 0 Å². The van der Waals surface area contributed by atoms with Crippen LogP contribution in [0.5, 0.6) is 0 Å². The highest BCUT2D eigenvalue weighted by Gasteiger charge is 1.83. The molecule has 0 saturated heterocycles. The fourth-order valence-corrected chi connectivity index (χ4v) is 0.347. The number of methoxy groups -OCH3 is 1. The first-order valence-electron chi connectivity index (χ1n) is 2.99. The number of hydrogen-bond acceptors (Lipinski definition) is 2. The maximum atomic E-state index is 5.28. The first-order chi connectivity index (χ1) is 4.70. The van der Waals surface area contributed by atoms with Gasteiger partial charge in [0.05, 0.1) is 7.11 Å². The zero-order valence-electron chi connectivity index (χ0n) is 6.26. The van der Waals surface area contributed by atoms with Gasteiger partial charge in [0.2, 0.25) is 0 Å². The van der Waals surface area contributed by atoms with E-state index in [0.29, 0.717) is 12.3 Å². The van der Waals surface area contributed by atoms with E-state index in [1.54, 1.807) is 19.3 Å². The van der Waals surface area contributed by atoms with Crippen molar-refractivity contribution in [3.63, 3.8) is 0 Å². The third-order valence-electron chi connectivity index (χ3n) is 1.03. The highest BCUT2D eigenvalue weighted by atomic mass is 16.5. The van der Waals surface area contributed by atoms with Crippen LogP contribution in [0.25, 0.3) is 0 Å². The topological polar surface area (TPSA) is 35.2 Å². The Kier molecular flexibility index (Phi) is 4.33. The molecule has 10 heavy (non-hydrogen) atoms. The minimum Gasteiger partial charge on any atom is -0.497 e. The van der Waals surface area contributed by atoms with Crippen molar-refractivity contribution in [1.82, 2.24) is 0 Å². The summed E-state index contributed by atoms with van der Waals surface area (Å²) in [6.45, 7) is 7.73. The van der Waals surface area contributed by atoms with E-state index in [9.17, 15) is 0 Å². The predicted molar refractivity (Wildman–Crippen MR) is 43.5 cm³/mol. The lowest BCUT2D eigenvalue weighted by atomic mass is 10.3. The van der Waals surface area contributed by atoms with Crippen LogP contribution in [-0.4, -0.2) is 13.7 Å². The molecule has 2 nitrogen and oxygen atoms in total. The van der Waals surface area contributed by atoms with Gasteiger partial charge in [0.15, 0.2) is 0 Å². The normalized spacial score (nSPS) is 9.80. The van der Waals surface area contributed by atoms with Crippen molar-refractivity contribution in [2.45, 2.75) is 0 Å². The largest absolute Gasteiger partial charge is 0.497 e. The molecule has 0 aliphatic carbocycles. The van der Waals surface area contributed by atoms with Crippen LogP contribution < -0.4 is 5.73 Å². The van der Waals surface area contributed by atoms with Gasteiger partial charge in [-0.05, 0) is 11.6 Å². The Bertz CT molecular complexity index is 141. The van der Waals surface area contributed by atoms with Gasteiger partial charge < -0.3 is 10.5 Å². The van der Waals surface area contributed by atoms with E-state index in [1.165, 1.54) is 0 Å². The maximum absolute atomic E-state index is 5.28. The Balaban J connectivity index is 3.75. The molecular weight excluding hydrogens is 126 g/mol. The second-order valence-electron chi connectivity index (χ2n) is 1.87. The molecule has 0 spiro atoms. The second-order valence-corrected chi connectivity index (χ2v) is 1.87. The first-order valence-corrected chi connectivity index (χ1v) is 2.99. The molecule has 0 heterocycles. The lowest BCUT2D eigenvalue weighted by molar-refractivity contribution is 0.309. The minimum absolute atomic E-state index is 0.466. The Labute approximate surface area is 61.7 Å². The zero-order valence-corrected chi connectivity index (χ0v) is 6.26. The van der Waals surface area contributed by atoms with Crippen molar-refractivity contribution in [2.75, 3.05) is 13.7 Å². The average Bonchev–Trinajstić information content (AvgIpc) is 1.99. The van der Waals surface area contributed by atoms with Crippen LogP contribution in [0.15, 0.2) is 36.6 Å². The molecule has 0 fully saturated rings. The third-order valence-corrected chi connectivity index (χ3v) is 1.03. The van der Waals surface area contributed by atoms with Gasteiger partial charge in [0.1, 0.15) is 5.76 Å². The van der Waals surface area contributed by atoms with Gasteiger partial charge in [-0.2, -0.15) is 0 Å². The summed E-state index contributed by atoms with van der Waals surface area (Å²) in [5.41, 5.74) is 6.14. The summed E-state index contributed by atoms with van der Waals surface area (Å²) in [7, 11) is 1.57. The smallest absolute Gasteiger partial charge is 0.111 e. The molecule has 0 unspecified atom stereocenters. The highest BCUT2D eigenvalue weighted by Crippen LogP contribution is 1.96. The number of ether oxygens (including phenoxy) is 1. The maximum Gasteiger partial charge on any atom is 0.111 e. The van der Waals surface area contributed by atoms with Crippen molar-refractivity contribution in [3.8, 4) is 0 Å². The summed E-state index contributed by atoms with van der Waals surface area (Å²) in [4.78, 5) is 0. The Morgan fingerprint density at radius 2 is 2.10 bits per heavy atom. The molecule has 0 aromatic rings. The lowest BCUT2D eigenvalue weighted by Gasteiger charge is -1.95. The van der Waals surface area contributed by atoms with E-state index in [-0.39, 0.29) is 0 Å². The van der Waals surface area contributed by atoms with Crippen LogP contribution in [-0.2, 0) is 4.74 Å². The molecule has 2 N–H and O–H groups in total. The van der Waals surface area contributed by atoms with Crippen LogP contribution >= 0.6 is 0 Å². The van der Waals surface area contributed by atoms with E-state index in [2.05, 4.69) is 13.2 Å². The van der Waals surface area contributed by atoms with Crippen LogP contribution in [0, 0.1) is 0 Å². The van der Waals surface area contributed by atoms with Crippen molar-refractivity contribution in [3.05, 3.63) is 36.6 Å². The number of allylic oxidation sites excluding steroid dienone is 1. The minimum atomic E-state index is 0.466. The Morgan fingerprint density at radius 3 is 2.50 bits per heavy atom. The van der Waals surface area contributed by atoms with E-state index < -0.39 is 0 Å². The molecule has 0 atom stereocenters. The second kappa shape index (κ2) is 4.82. The molecular formula is C8H13NO. The SMILES string of the molecule is C=C(/C=C\C(=C)OC)CN. The quantitative estimate of drug-likeness (QED) is 0.469. The molecule has 56 valence electrons. The van der Waals surface area contributed by atoms with E-state index in [1.807, 2.05) is 0 Å². The molecule has 0 bridgehead atoms. The number of rotatable bonds is 4. The van der Waals surface area contributed by atoms with Gasteiger partial charge in [0, 0.05) is 6.54 Å². The van der Waals surface area contributed by atoms with Gasteiger partial charge in [0.25, 0.3) is 0 Å². The molecule has 0 radical (unpaired) electrons. The molecule has 0 rings (SSSR count). The van der Waals surface area contributed by atoms with Gasteiger partial charge in [-0.15, -0.1) is 0 Å². The van der Waals surface area contributed by atoms with Crippen molar-refractivity contribution < 1.29 is 4.74 Å². The van der Waals surface area contributed by atoms with Crippen LogP contribution in [0.4, 0.5) is 0 Å². The van der Waals surface area contributed by atoms with E-state index in [4.69, 9.17) is 10.5 Å². The van der Waals surface area contributed by atoms with E-state index >= 15 is 0 Å². The Hall–Kier alpha value is -1.02. The van der Waals surface area contributed by atoms with Crippen molar-refractivity contribution >= 4 is 0 Å². The van der Waals surface area contributed by atoms with Gasteiger partial charge >= 0.3 is 0 Å². The summed E-state index contributed by atoms with van der Waals surface area (Å²) >= 11 is 0. The lowest BCUT2D eigenvalue weighted by Crippen LogP contribution is -1.99. The highest BCUT2D eigenvalue weighted by molar-refractivity contribution is 5.21. The Morgan fingerprint density at radius 1 is 1.50 bits per heavy atom.